The number of halogens is 3. The van der Waals surface area contributed by atoms with Crippen molar-refractivity contribution >= 4 is 33.7 Å². The van der Waals surface area contributed by atoms with Crippen molar-refractivity contribution in [3.63, 3.8) is 0 Å². The number of benzene rings is 2. The van der Waals surface area contributed by atoms with E-state index in [2.05, 4.69) is 30.0 Å². The van der Waals surface area contributed by atoms with Gasteiger partial charge >= 0.3 is 12.1 Å². The van der Waals surface area contributed by atoms with Gasteiger partial charge in [-0.2, -0.15) is 0 Å². The molecule has 1 amide bonds. The summed E-state index contributed by atoms with van der Waals surface area (Å²) in [6.07, 6.45) is -1.95. The van der Waals surface area contributed by atoms with Crippen molar-refractivity contribution in [1.29, 1.82) is 0 Å². The van der Waals surface area contributed by atoms with Gasteiger partial charge in [0.2, 0.25) is 5.91 Å². The molecule has 182 valence electrons. The molecule has 0 fully saturated rings. The van der Waals surface area contributed by atoms with E-state index in [4.69, 9.17) is 4.74 Å². The van der Waals surface area contributed by atoms with E-state index in [1.807, 2.05) is 0 Å². The molecule has 12 heteroatoms. The van der Waals surface area contributed by atoms with Gasteiger partial charge in [0.1, 0.15) is 16.8 Å². The number of rotatable bonds is 6. The second-order valence-electron chi connectivity index (χ2n) is 7.64. The Hall–Kier alpha value is -4.87. The third kappa shape index (κ3) is 4.97. The highest BCUT2D eigenvalue weighted by Crippen LogP contribution is 2.34. The number of alkyl halides is 3. The highest BCUT2D eigenvalue weighted by atomic mass is 19.4. The van der Waals surface area contributed by atoms with E-state index < -0.39 is 23.7 Å². The molecule has 36 heavy (non-hydrogen) atoms. The molecule has 0 aliphatic rings. The Morgan fingerprint density at radius 3 is 2.67 bits per heavy atom. The van der Waals surface area contributed by atoms with Gasteiger partial charge in [-0.05, 0) is 42.0 Å². The van der Waals surface area contributed by atoms with Gasteiger partial charge in [0.15, 0.2) is 17.1 Å². The van der Waals surface area contributed by atoms with Crippen LogP contribution in [0.4, 0.5) is 18.9 Å². The van der Waals surface area contributed by atoms with Gasteiger partial charge in [-0.15, -0.1) is 13.2 Å². The number of pyridine rings is 2. The molecule has 0 bridgehead atoms. The van der Waals surface area contributed by atoms with Crippen molar-refractivity contribution in [2.45, 2.75) is 12.8 Å². The molecule has 2 aromatic carbocycles. The first-order valence-electron chi connectivity index (χ1n) is 10.5. The molecule has 0 saturated carbocycles. The number of carbonyl (C=O) groups excluding carboxylic acids is 1. The van der Waals surface area contributed by atoms with Crippen LogP contribution in [-0.4, -0.2) is 32.2 Å². The summed E-state index contributed by atoms with van der Waals surface area (Å²) in [5.74, 6) is -0.130. The smallest absolute Gasteiger partial charge is 0.453 e. The van der Waals surface area contributed by atoms with Crippen molar-refractivity contribution in [2.75, 3.05) is 5.32 Å². The lowest BCUT2D eigenvalue weighted by Gasteiger charge is -2.13. The van der Waals surface area contributed by atoms with Gasteiger partial charge in [-0.3, -0.25) is 14.8 Å². The first-order valence-corrected chi connectivity index (χ1v) is 10.5. The maximum atomic E-state index is 12.7. The van der Waals surface area contributed by atoms with Crippen molar-refractivity contribution in [1.82, 2.24) is 19.9 Å². The van der Waals surface area contributed by atoms with Crippen molar-refractivity contribution in [3.05, 3.63) is 83.0 Å². The highest BCUT2D eigenvalue weighted by Gasteiger charge is 2.31. The van der Waals surface area contributed by atoms with Crippen molar-refractivity contribution in [3.8, 4) is 17.2 Å². The van der Waals surface area contributed by atoms with Gasteiger partial charge in [0.25, 0.3) is 0 Å². The molecule has 0 aliphatic carbocycles. The van der Waals surface area contributed by atoms with Crippen LogP contribution in [0.3, 0.4) is 0 Å². The van der Waals surface area contributed by atoms with Gasteiger partial charge < -0.3 is 19.8 Å². The fourth-order valence-corrected chi connectivity index (χ4v) is 3.69. The SMILES string of the molecule is O=C(Cc1cccc(OC(F)(F)F)c1)Nc1ccc(Oc2ccnc3[nH]c(=O)[nH]c23)c2ncccc12. The van der Waals surface area contributed by atoms with Crippen LogP contribution in [0.2, 0.25) is 0 Å². The molecule has 9 nitrogen and oxygen atoms in total. The lowest BCUT2D eigenvalue weighted by atomic mass is 10.1. The zero-order valence-electron chi connectivity index (χ0n) is 18.2. The minimum Gasteiger partial charge on any atom is -0.453 e. The number of amides is 1. The van der Waals surface area contributed by atoms with E-state index in [-0.39, 0.29) is 6.42 Å². The van der Waals surface area contributed by atoms with Crippen LogP contribution in [0.1, 0.15) is 5.56 Å². The summed E-state index contributed by atoms with van der Waals surface area (Å²) in [4.78, 5) is 38.0. The van der Waals surface area contributed by atoms with E-state index in [0.29, 0.717) is 44.8 Å². The zero-order chi connectivity index (χ0) is 25.3. The molecule has 3 N–H and O–H groups in total. The van der Waals surface area contributed by atoms with Crippen LogP contribution in [0, 0.1) is 0 Å². The monoisotopic (exact) mass is 495 g/mol. The van der Waals surface area contributed by atoms with Gasteiger partial charge in [0.05, 0.1) is 12.1 Å². The van der Waals surface area contributed by atoms with Gasteiger partial charge in [-0.1, -0.05) is 12.1 Å². The van der Waals surface area contributed by atoms with Crippen LogP contribution in [0.15, 0.2) is 71.8 Å². The lowest BCUT2D eigenvalue weighted by molar-refractivity contribution is -0.274. The van der Waals surface area contributed by atoms with Crippen molar-refractivity contribution < 1.29 is 27.4 Å². The average molecular weight is 495 g/mol. The average Bonchev–Trinajstić information content (AvgIpc) is 3.21. The predicted octanol–water partition coefficient (Wildman–Crippen LogP) is 4.67. The number of nitrogens with one attached hydrogen (secondary N) is 3. The van der Waals surface area contributed by atoms with Crippen LogP contribution in [0.5, 0.6) is 17.2 Å². The number of ether oxygens (including phenoxy) is 2. The molecule has 0 unspecified atom stereocenters. The number of hydrogen-bond donors (Lipinski definition) is 3. The second-order valence-corrected chi connectivity index (χ2v) is 7.64. The molecular weight excluding hydrogens is 479 g/mol. The minimum atomic E-state index is -4.82. The fraction of sp³-hybridized carbons (Fsp3) is 0.0833. The number of hydrogen-bond acceptors (Lipinski definition) is 6. The molecule has 3 aromatic heterocycles. The van der Waals surface area contributed by atoms with E-state index in [1.165, 1.54) is 18.3 Å². The Kier molecular flexibility index (Phi) is 5.76. The molecule has 3 heterocycles. The van der Waals surface area contributed by atoms with Crippen molar-refractivity contribution in [2.24, 2.45) is 0 Å². The van der Waals surface area contributed by atoms with Gasteiger partial charge in [0, 0.05) is 23.8 Å². The molecule has 0 atom stereocenters. The maximum absolute atomic E-state index is 12.7. The van der Waals surface area contributed by atoms with Gasteiger partial charge in [-0.25, -0.2) is 9.78 Å². The largest absolute Gasteiger partial charge is 0.573 e. The molecule has 0 saturated heterocycles. The van der Waals surface area contributed by atoms with Crippen LogP contribution < -0.4 is 20.5 Å². The standard InChI is InChI=1S/C24H16F3N5O4/c25-24(26,27)36-14-4-1-3-13(11-14)12-19(33)30-16-6-7-17(20-15(16)5-2-9-28-20)35-18-8-10-29-22-21(18)31-23(34)32-22/h1-11H,12H2,(H,30,33)(H2,29,31,32,34). The first kappa shape index (κ1) is 22.9. The zero-order valence-corrected chi connectivity index (χ0v) is 18.2. The topological polar surface area (TPSA) is 122 Å². The second kappa shape index (κ2) is 9.06. The number of aromatic amines is 2. The number of H-pyrrole nitrogens is 2. The normalized spacial score (nSPS) is 11.5. The van der Waals surface area contributed by atoms with E-state index in [0.717, 1.165) is 12.1 Å². The van der Waals surface area contributed by atoms with Crippen LogP contribution in [0.25, 0.3) is 22.1 Å². The summed E-state index contributed by atoms with van der Waals surface area (Å²) in [6.45, 7) is 0. The molecule has 0 spiro atoms. The number of nitrogens with zero attached hydrogens (tertiary/aromatic N) is 2. The molecule has 0 aliphatic heterocycles. The summed E-state index contributed by atoms with van der Waals surface area (Å²) >= 11 is 0. The summed E-state index contributed by atoms with van der Waals surface area (Å²) in [7, 11) is 0. The summed E-state index contributed by atoms with van der Waals surface area (Å²) < 4.78 is 47.4. The lowest BCUT2D eigenvalue weighted by Crippen LogP contribution is -2.18. The molecule has 0 radical (unpaired) electrons. The Bertz CT molecular complexity index is 1640. The van der Waals surface area contributed by atoms with E-state index >= 15 is 0 Å². The third-order valence-electron chi connectivity index (χ3n) is 5.11. The Labute approximate surface area is 199 Å². The van der Waals surface area contributed by atoms with Crippen LogP contribution >= 0.6 is 0 Å². The minimum absolute atomic E-state index is 0.176. The molecular formula is C24H16F3N5O4. The number of fused-ring (bicyclic) bond motifs is 2. The number of anilines is 1. The summed E-state index contributed by atoms with van der Waals surface area (Å²) in [5.41, 5.74) is 1.53. The predicted molar refractivity (Wildman–Crippen MR) is 124 cm³/mol. The quantitative estimate of drug-likeness (QED) is 0.315. The number of imidazole rings is 1. The van der Waals surface area contributed by atoms with Crippen LogP contribution in [-0.2, 0) is 11.2 Å². The van der Waals surface area contributed by atoms with E-state index in [1.54, 1.807) is 36.5 Å². The Morgan fingerprint density at radius 1 is 0.972 bits per heavy atom. The van der Waals surface area contributed by atoms with E-state index in [9.17, 15) is 22.8 Å². The first-order chi connectivity index (χ1) is 17.2. The Balaban J connectivity index is 1.39. The Morgan fingerprint density at radius 2 is 1.83 bits per heavy atom. The molecule has 5 rings (SSSR count). The highest BCUT2D eigenvalue weighted by molar-refractivity contribution is 6.03. The number of aromatic nitrogens is 4. The third-order valence-corrected chi connectivity index (χ3v) is 5.11. The molecule has 5 aromatic rings. The number of carbonyl (C=O) groups is 1. The fourth-order valence-electron chi connectivity index (χ4n) is 3.69. The maximum Gasteiger partial charge on any atom is 0.573 e. The summed E-state index contributed by atoms with van der Waals surface area (Å²) in [5, 5.41) is 3.34. The summed E-state index contributed by atoms with van der Waals surface area (Å²) in [6, 6.07) is 13.5.